The molecule has 0 aliphatic heterocycles. The van der Waals surface area contributed by atoms with Crippen LogP contribution in [0.3, 0.4) is 0 Å². The van der Waals surface area contributed by atoms with Crippen LogP contribution in [-0.4, -0.2) is 14.2 Å². The molecule has 2 nitrogen and oxygen atoms in total. The Bertz CT molecular complexity index is 320. The van der Waals surface area contributed by atoms with E-state index in [0.717, 1.165) is 17.1 Å². The summed E-state index contributed by atoms with van der Waals surface area (Å²) in [6.45, 7) is 2.12. The maximum atomic E-state index is 10.6. The molecule has 0 aromatic heterocycles. The molecular weight excluding hydrogens is 204 g/mol. The molecule has 0 N–H and O–H groups in total. The van der Waals surface area contributed by atoms with Crippen molar-refractivity contribution in [1.29, 1.82) is 0 Å². The third-order valence-electron chi connectivity index (χ3n) is 1.52. The predicted octanol–water partition coefficient (Wildman–Crippen LogP) is 2.16. The van der Waals surface area contributed by atoms with E-state index in [1.165, 1.54) is 0 Å². The molecule has 72 valence electrons. The van der Waals surface area contributed by atoms with E-state index in [2.05, 4.69) is 6.92 Å². The molecule has 0 unspecified atom stereocenters. The SMILES string of the molecule is CCCSc1ccc([SH](=O)=O)cc1. The van der Waals surface area contributed by atoms with Gasteiger partial charge in [0.05, 0.1) is 4.90 Å². The second-order valence-corrected chi connectivity index (χ2v) is 4.80. The van der Waals surface area contributed by atoms with E-state index in [1.807, 2.05) is 12.1 Å². The van der Waals surface area contributed by atoms with Gasteiger partial charge in [0.15, 0.2) is 10.7 Å². The number of hydrogen-bond acceptors (Lipinski definition) is 3. The lowest BCUT2D eigenvalue weighted by Crippen LogP contribution is -1.80. The van der Waals surface area contributed by atoms with Crippen LogP contribution in [0.2, 0.25) is 0 Å². The quantitative estimate of drug-likeness (QED) is 0.618. The van der Waals surface area contributed by atoms with Crippen LogP contribution in [0, 0.1) is 0 Å². The summed E-state index contributed by atoms with van der Waals surface area (Å²) in [4.78, 5) is 1.51. The van der Waals surface area contributed by atoms with Crippen molar-refractivity contribution in [3.63, 3.8) is 0 Å². The zero-order chi connectivity index (χ0) is 9.68. The minimum Gasteiger partial charge on any atom is -0.227 e. The van der Waals surface area contributed by atoms with Crippen molar-refractivity contribution in [3.8, 4) is 0 Å². The third-order valence-corrected chi connectivity index (χ3v) is 3.46. The molecule has 0 aliphatic carbocycles. The molecule has 1 aromatic rings. The maximum Gasteiger partial charge on any atom is 0.168 e. The molecule has 0 aliphatic rings. The first-order chi connectivity index (χ1) is 6.24. The predicted molar refractivity (Wildman–Crippen MR) is 56.0 cm³/mol. The minimum absolute atomic E-state index is 0.385. The summed E-state index contributed by atoms with van der Waals surface area (Å²) in [6, 6.07) is 6.98. The average Bonchev–Trinajstić information content (AvgIpc) is 2.15. The Morgan fingerprint density at radius 2 is 1.85 bits per heavy atom. The van der Waals surface area contributed by atoms with Gasteiger partial charge in [0, 0.05) is 4.90 Å². The summed E-state index contributed by atoms with van der Waals surface area (Å²) >= 11 is 1.74. The van der Waals surface area contributed by atoms with Crippen LogP contribution in [0.1, 0.15) is 13.3 Å². The van der Waals surface area contributed by atoms with E-state index in [1.54, 1.807) is 23.9 Å². The zero-order valence-corrected chi connectivity index (χ0v) is 9.11. The Labute approximate surface area is 84.3 Å². The molecule has 13 heavy (non-hydrogen) atoms. The third kappa shape index (κ3) is 3.40. The lowest BCUT2D eigenvalue weighted by atomic mass is 10.4. The Kier molecular flexibility index (Phi) is 4.32. The molecule has 0 radical (unpaired) electrons. The Hall–Kier alpha value is -0.480. The van der Waals surface area contributed by atoms with Crippen LogP contribution in [0.4, 0.5) is 0 Å². The van der Waals surface area contributed by atoms with Crippen molar-refractivity contribution in [2.45, 2.75) is 23.1 Å². The highest BCUT2D eigenvalue weighted by Gasteiger charge is 1.95. The van der Waals surface area contributed by atoms with E-state index in [0.29, 0.717) is 4.90 Å². The van der Waals surface area contributed by atoms with E-state index in [4.69, 9.17) is 0 Å². The first-order valence-corrected chi connectivity index (χ1v) is 6.27. The number of thiol groups is 1. The fourth-order valence-corrected chi connectivity index (χ4v) is 2.04. The second-order valence-electron chi connectivity index (χ2n) is 2.60. The average molecular weight is 216 g/mol. The highest BCUT2D eigenvalue weighted by Crippen LogP contribution is 2.19. The molecule has 0 atom stereocenters. The molecule has 0 spiro atoms. The van der Waals surface area contributed by atoms with E-state index in [-0.39, 0.29) is 0 Å². The van der Waals surface area contributed by atoms with Crippen molar-refractivity contribution >= 4 is 22.5 Å². The fraction of sp³-hybridized carbons (Fsp3) is 0.333. The first-order valence-electron chi connectivity index (χ1n) is 4.11. The smallest absolute Gasteiger partial charge is 0.168 e. The van der Waals surface area contributed by atoms with Crippen LogP contribution in [-0.2, 0) is 10.7 Å². The Morgan fingerprint density at radius 1 is 1.23 bits per heavy atom. The highest BCUT2D eigenvalue weighted by atomic mass is 32.2. The van der Waals surface area contributed by atoms with Gasteiger partial charge in [-0.15, -0.1) is 11.8 Å². The molecule has 1 rings (SSSR count). The van der Waals surface area contributed by atoms with Crippen molar-refractivity contribution in [2.24, 2.45) is 0 Å². The van der Waals surface area contributed by atoms with Crippen molar-refractivity contribution < 1.29 is 8.42 Å². The second kappa shape index (κ2) is 5.29. The van der Waals surface area contributed by atoms with Gasteiger partial charge in [0.1, 0.15) is 0 Å². The molecule has 0 amide bonds. The summed E-state index contributed by atoms with van der Waals surface area (Å²) in [5.41, 5.74) is 0. The van der Waals surface area contributed by atoms with Gasteiger partial charge >= 0.3 is 0 Å². The number of rotatable bonds is 4. The Balaban J connectivity index is 2.69. The monoisotopic (exact) mass is 216 g/mol. The minimum atomic E-state index is -2.43. The summed E-state index contributed by atoms with van der Waals surface area (Å²) in [5, 5.41) is 0. The van der Waals surface area contributed by atoms with Crippen LogP contribution in [0.5, 0.6) is 0 Å². The molecule has 0 saturated heterocycles. The summed E-state index contributed by atoms with van der Waals surface area (Å²) in [6.07, 6.45) is 1.13. The van der Waals surface area contributed by atoms with Gasteiger partial charge in [-0.2, -0.15) is 0 Å². The van der Waals surface area contributed by atoms with Crippen LogP contribution in [0.25, 0.3) is 0 Å². The largest absolute Gasteiger partial charge is 0.227 e. The van der Waals surface area contributed by atoms with Crippen LogP contribution in [0.15, 0.2) is 34.1 Å². The molecule has 0 bridgehead atoms. The van der Waals surface area contributed by atoms with E-state index < -0.39 is 10.7 Å². The topological polar surface area (TPSA) is 34.1 Å². The normalized spacial score (nSPS) is 10.6. The van der Waals surface area contributed by atoms with Gasteiger partial charge < -0.3 is 0 Å². The van der Waals surface area contributed by atoms with E-state index in [9.17, 15) is 8.42 Å². The van der Waals surface area contributed by atoms with Gasteiger partial charge in [-0.25, -0.2) is 8.42 Å². The number of benzene rings is 1. The summed E-state index contributed by atoms with van der Waals surface area (Å²) < 4.78 is 21.1. The first kappa shape index (κ1) is 10.6. The van der Waals surface area contributed by atoms with Gasteiger partial charge in [0.25, 0.3) is 0 Å². The Morgan fingerprint density at radius 3 is 2.31 bits per heavy atom. The van der Waals surface area contributed by atoms with Gasteiger partial charge in [-0.1, -0.05) is 6.92 Å². The fourth-order valence-electron chi connectivity index (χ4n) is 0.884. The van der Waals surface area contributed by atoms with Crippen LogP contribution < -0.4 is 0 Å². The zero-order valence-electron chi connectivity index (χ0n) is 7.40. The number of thioether (sulfide) groups is 1. The van der Waals surface area contributed by atoms with Crippen molar-refractivity contribution in [1.82, 2.24) is 0 Å². The molecule has 4 heteroatoms. The summed E-state index contributed by atoms with van der Waals surface area (Å²) in [5.74, 6) is 1.07. The standard InChI is InChI=1S/C9H12O2S2/c1-2-7-12-8-3-5-9(6-4-8)13(10)11/h3-6,13H,2,7H2,1H3. The van der Waals surface area contributed by atoms with E-state index >= 15 is 0 Å². The molecule has 0 fully saturated rings. The maximum absolute atomic E-state index is 10.6. The van der Waals surface area contributed by atoms with Gasteiger partial charge in [-0.05, 0) is 36.4 Å². The van der Waals surface area contributed by atoms with Crippen molar-refractivity contribution in [2.75, 3.05) is 5.75 Å². The molecule has 0 heterocycles. The van der Waals surface area contributed by atoms with Crippen molar-refractivity contribution in [3.05, 3.63) is 24.3 Å². The lowest BCUT2D eigenvalue weighted by molar-refractivity contribution is 0.614. The van der Waals surface area contributed by atoms with Crippen LogP contribution >= 0.6 is 11.8 Å². The van der Waals surface area contributed by atoms with Gasteiger partial charge in [-0.3, -0.25) is 0 Å². The molecular formula is C9H12O2S2. The lowest BCUT2D eigenvalue weighted by Gasteiger charge is -1.98. The summed E-state index contributed by atoms with van der Waals surface area (Å²) in [7, 11) is -2.43. The van der Waals surface area contributed by atoms with Gasteiger partial charge in [0.2, 0.25) is 0 Å². The molecule has 0 saturated carbocycles. The highest BCUT2D eigenvalue weighted by molar-refractivity contribution is 7.99. The molecule has 1 aromatic carbocycles. The number of hydrogen-bond donors (Lipinski definition) is 1.